The molecule has 0 bridgehead atoms. The fourth-order valence-corrected chi connectivity index (χ4v) is 3.15. The van der Waals surface area contributed by atoms with Crippen LogP contribution in [0.4, 0.5) is 0 Å². The van der Waals surface area contributed by atoms with Gasteiger partial charge in [-0.25, -0.2) is 0 Å². The quantitative estimate of drug-likeness (QED) is 0.583. The van der Waals surface area contributed by atoms with E-state index in [2.05, 4.69) is 0 Å². The first-order chi connectivity index (χ1) is 7.47. The summed E-state index contributed by atoms with van der Waals surface area (Å²) in [6.07, 6.45) is 14.6. The lowest BCUT2D eigenvalue weighted by Gasteiger charge is -2.18. The van der Waals surface area contributed by atoms with E-state index in [0.717, 1.165) is 25.0 Å². The van der Waals surface area contributed by atoms with E-state index in [1.165, 1.54) is 64.2 Å². The van der Waals surface area contributed by atoms with E-state index in [-0.39, 0.29) is 0 Å². The predicted octanol–water partition coefficient (Wildman–Crippen LogP) is 4.16. The molecule has 0 aromatic carbocycles. The minimum atomic E-state index is 0.907. The molecule has 2 unspecified atom stereocenters. The molecule has 2 fully saturated rings. The van der Waals surface area contributed by atoms with Gasteiger partial charge in [0.1, 0.15) is 0 Å². The van der Waals surface area contributed by atoms with Crippen LogP contribution in [0.2, 0.25) is 0 Å². The Bertz CT molecular complexity index is 149. The second-order valence-corrected chi connectivity index (χ2v) is 5.46. The van der Waals surface area contributed by atoms with Crippen molar-refractivity contribution < 1.29 is 4.74 Å². The summed E-state index contributed by atoms with van der Waals surface area (Å²) in [5, 5.41) is 0. The molecule has 0 radical (unpaired) electrons. The van der Waals surface area contributed by atoms with Crippen molar-refractivity contribution in [3.05, 3.63) is 0 Å². The van der Waals surface area contributed by atoms with Gasteiger partial charge in [-0.1, -0.05) is 51.4 Å². The highest BCUT2D eigenvalue weighted by Crippen LogP contribution is 2.30. The molecule has 2 aliphatic rings. The molecule has 1 nitrogen and oxygen atoms in total. The van der Waals surface area contributed by atoms with Crippen molar-refractivity contribution in [2.45, 2.75) is 64.2 Å². The van der Waals surface area contributed by atoms with E-state index >= 15 is 0 Å². The summed E-state index contributed by atoms with van der Waals surface area (Å²) in [5.41, 5.74) is 0. The lowest BCUT2D eigenvalue weighted by Crippen LogP contribution is -2.12. The van der Waals surface area contributed by atoms with Crippen LogP contribution in [0.15, 0.2) is 0 Å². The highest BCUT2D eigenvalue weighted by Gasteiger charge is 2.26. The first kappa shape index (κ1) is 11.4. The lowest BCUT2D eigenvalue weighted by atomic mass is 9.86. The topological polar surface area (TPSA) is 9.23 Å². The first-order valence-electron chi connectivity index (χ1n) is 7.04. The summed E-state index contributed by atoms with van der Waals surface area (Å²) in [6, 6.07) is 0. The Morgan fingerprint density at radius 1 is 0.533 bits per heavy atom. The van der Waals surface area contributed by atoms with Crippen LogP contribution in [-0.4, -0.2) is 13.2 Å². The molecular weight excluding hydrogens is 184 g/mol. The molecule has 2 atom stereocenters. The Kier molecular flexibility index (Phi) is 4.98. The highest BCUT2D eigenvalue weighted by atomic mass is 16.5. The molecule has 1 aliphatic carbocycles. The predicted molar refractivity (Wildman–Crippen MR) is 64.0 cm³/mol. The first-order valence-corrected chi connectivity index (χ1v) is 7.04. The third-order valence-electron chi connectivity index (χ3n) is 4.23. The number of fused-ring (bicyclic) bond motifs is 1. The molecule has 0 aromatic rings. The fraction of sp³-hybridized carbons (Fsp3) is 1.00. The third kappa shape index (κ3) is 3.79. The van der Waals surface area contributed by atoms with Crippen LogP contribution in [0.25, 0.3) is 0 Å². The fourth-order valence-electron chi connectivity index (χ4n) is 3.15. The van der Waals surface area contributed by atoms with Crippen molar-refractivity contribution in [2.75, 3.05) is 13.2 Å². The van der Waals surface area contributed by atoms with Crippen LogP contribution in [0.5, 0.6) is 0 Å². The number of hydrogen-bond acceptors (Lipinski definition) is 1. The van der Waals surface area contributed by atoms with Crippen molar-refractivity contribution in [1.82, 2.24) is 0 Å². The molecule has 1 heteroatoms. The minimum absolute atomic E-state index is 0.907. The average molecular weight is 210 g/mol. The maximum absolute atomic E-state index is 5.65. The summed E-state index contributed by atoms with van der Waals surface area (Å²) in [7, 11) is 0. The van der Waals surface area contributed by atoms with E-state index in [4.69, 9.17) is 4.74 Å². The van der Waals surface area contributed by atoms with Gasteiger partial charge < -0.3 is 4.74 Å². The van der Waals surface area contributed by atoms with E-state index in [0.29, 0.717) is 0 Å². The van der Waals surface area contributed by atoms with Crippen molar-refractivity contribution in [2.24, 2.45) is 11.8 Å². The van der Waals surface area contributed by atoms with Crippen molar-refractivity contribution in [3.63, 3.8) is 0 Å². The van der Waals surface area contributed by atoms with Crippen molar-refractivity contribution in [1.29, 1.82) is 0 Å². The molecule has 1 aliphatic heterocycles. The maximum atomic E-state index is 5.65. The summed E-state index contributed by atoms with van der Waals surface area (Å²) >= 11 is 0. The molecule has 0 N–H and O–H groups in total. The normalized spacial score (nSPS) is 35.2. The second kappa shape index (κ2) is 6.52. The molecule has 2 rings (SSSR count). The van der Waals surface area contributed by atoms with Gasteiger partial charge in [0.2, 0.25) is 0 Å². The van der Waals surface area contributed by atoms with Gasteiger partial charge in [-0.2, -0.15) is 0 Å². The Balaban J connectivity index is 1.77. The molecule has 1 saturated heterocycles. The number of hydrogen-bond donors (Lipinski definition) is 0. The van der Waals surface area contributed by atoms with Crippen LogP contribution >= 0.6 is 0 Å². The van der Waals surface area contributed by atoms with Crippen LogP contribution < -0.4 is 0 Å². The smallest absolute Gasteiger partial charge is 0.0497 e. The molecular formula is C14H26O. The molecule has 0 spiro atoms. The van der Waals surface area contributed by atoms with Gasteiger partial charge in [-0.3, -0.25) is 0 Å². The molecule has 1 heterocycles. The number of rotatable bonds is 0. The van der Waals surface area contributed by atoms with E-state index in [1.54, 1.807) is 0 Å². The molecule has 0 amide bonds. The lowest BCUT2D eigenvalue weighted by molar-refractivity contribution is 0.178. The van der Waals surface area contributed by atoms with Gasteiger partial charge >= 0.3 is 0 Å². The van der Waals surface area contributed by atoms with E-state index < -0.39 is 0 Å². The van der Waals surface area contributed by atoms with Gasteiger partial charge in [-0.05, 0) is 24.7 Å². The zero-order chi connectivity index (χ0) is 10.3. The van der Waals surface area contributed by atoms with Gasteiger partial charge in [-0.15, -0.1) is 0 Å². The van der Waals surface area contributed by atoms with Gasteiger partial charge in [0.05, 0.1) is 0 Å². The van der Waals surface area contributed by atoms with Crippen molar-refractivity contribution >= 4 is 0 Å². The van der Waals surface area contributed by atoms with Crippen LogP contribution in [0.3, 0.4) is 0 Å². The van der Waals surface area contributed by atoms with Gasteiger partial charge in [0.25, 0.3) is 0 Å². The largest absolute Gasteiger partial charge is 0.381 e. The Labute approximate surface area is 94.6 Å². The van der Waals surface area contributed by atoms with E-state index in [1.807, 2.05) is 0 Å². The average Bonchev–Trinajstić information content (AvgIpc) is 2.65. The molecule has 15 heavy (non-hydrogen) atoms. The van der Waals surface area contributed by atoms with Crippen LogP contribution in [0, 0.1) is 11.8 Å². The molecule has 0 aromatic heterocycles. The standard InChI is InChI=1S/C14H26O/c1-2-4-6-8-10-14-12-15-11-13(14)9-7-5-3-1/h13-14H,1-12H2. The Hall–Kier alpha value is -0.0400. The Morgan fingerprint density at radius 3 is 1.40 bits per heavy atom. The third-order valence-corrected chi connectivity index (χ3v) is 4.23. The minimum Gasteiger partial charge on any atom is -0.381 e. The van der Waals surface area contributed by atoms with Gasteiger partial charge in [0, 0.05) is 13.2 Å². The maximum Gasteiger partial charge on any atom is 0.0497 e. The molecule has 88 valence electrons. The van der Waals surface area contributed by atoms with E-state index in [9.17, 15) is 0 Å². The molecule has 1 saturated carbocycles. The van der Waals surface area contributed by atoms with Crippen LogP contribution in [-0.2, 0) is 4.74 Å². The zero-order valence-electron chi connectivity index (χ0n) is 10.0. The monoisotopic (exact) mass is 210 g/mol. The summed E-state index contributed by atoms with van der Waals surface area (Å²) < 4.78 is 5.65. The summed E-state index contributed by atoms with van der Waals surface area (Å²) in [6.45, 7) is 2.12. The SMILES string of the molecule is C1CCCCCC2COCC2CCCC1. The Morgan fingerprint density at radius 2 is 0.933 bits per heavy atom. The summed E-state index contributed by atoms with van der Waals surface area (Å²) in [5.74, 6) is 1.81. The second-order valence-electron chi connectivity index (χ2n) is 5.46. The van der Waals surface area contributed by atoms with Crippen molar-refractivity contribution in [3.8, 4) is 0 Å². The zero-order valence-corrected chi connectivity index (χ0v) is 10.0. The highest BCUT2D eigenvalue weighted by molar-refractivity contribution is 4.75. The summed E-state index contributed by atoms with van der Waals surface area (Å²) in [4.78, 5) is 0. The van der Waals surface area contributed by atoms with Gasteiger partial charge in [0.15, 0.2) is 0 Å². The number of ether oxygens (including phenoxy) is 1. The van der Waals surface area contributed by atoms with Crippen LogP contribution in [0.1, 0.15) is 64.2 Å².